The molecule has 0 saturated heterocycles. The number of nitrogens with one attached hydrogen (secondary N) is 1. The summed E-state index contributed by atoms with van der Waals surface area (Å²) in [5.74, 6) is 1.04. The first-order valence-electron chi connectivity index (χ1n) is 9.59. The zero-order valence-corrected chi connectivity index (χ0v) is 18.2. The molecular formula is C23H23ClFN5O. The summed E-state index contributed by atoms with van der Waals surface area (Å²) in [5, 5.41) is 11.8. The van der Waals surface area contributed by atoms with Crippen molar-refractivity contribution in [1.82, 2.24) is 19.7 Å². The van der Waals surface area contributed by atoms with Crippen LogP contribution in [-0.2, 0) is 0 Å². The Balaban J connectivity index is 0.00000272. The van der Waals surface area contributed by atoms with Gasteiger partial charge in [-0.2, -0.15) is 0 Å². The molecule has 6 nitrogen and oxygen atoms in total. The molecule has 1 N–H and O–H groups in total. The molecule has 160 valence electrons. The van der Waals surface area contributed by atoms with Gasteiger partial charge in [0.15, 0.2) is 0 Å². The number of aryl methyl sites for hydroxylation is 1. The van der Waals surface area contributed by atoms with E-state index in [0.717, 1.165) is 16.9 Å². The smallest absolute Gasteiger partial charge is 0.149 e. The Hall–Kier alpha value is -3.45. The largest absolute Gasteiger partial charge is 0.495 e. The maximum atomic E-state index is 14.0. The molecule has 0 saturated carbocycles. The summed E-state index contributed by atoms with van der Waals surface area (Å²) in [4.78, 5) is 4.26. The van der Waals surface area contributed by atoms with Gasteiger partial charge in [-0.15, -0.1) is 22.6 Å². The number of aromatic nitrogens is 4. The minimum atomic E-state index is -0.248. The molecule has 0 radical (unpaired) electrons. The molecule has 0 bridgehead atoms. The Morgan fingerprint density at radius 2 is 1.87 bits per heavy atom. The number of benzene rings is 2. The minimum Gasteiger partial charge on any atom is -0.495 e. The molecule has 4 rings (SSSR count). The maximum absolute atomic E-state index is 14.0. The number of nitrogens with zero attached hydrogens (tertiary/aromatic N) is 4. The lowest BCUT2D eigenvalue weighted by molar-refractivity contribution is 0.413. The monoisotopic (exact) mass is 439 g/mol. The van der Waals surface area contributed by atoms with Gasteiger partial charge in [0, 0.05) is 17.3 Å². The molecule has 0 unspecified atom stereocenters. The number of methoxy groups -OCH3 is 1. The molecule has 0 aliphatic carbocycles. The molecule has 8 heteroatoms. The van der Waals surface area contributed by atoms with Crippen LogP contribution in [0.4, 0.5) is 10.2 Å². The minimum absolute atomic E-state index is 0. The predicted molar refractivity (Wildman–Crippen MR) is 122 cm³/mol. The Morgan fingerprint density at radius 3 is 2.52 bits per heavy atom. The van der Waals surface area contributed by atoms with Crippen molar-refractivity contribution in [2.24, 2.45) is 0 Å². The highest BCUT2D eigenvalue weighted by molar-refractivity contribution is 5.85. The van der Waals surface area contributed by atoms with Crippen LogP contribution in [0.3, 0.4) is 0 Å². The van der Waals surface area contributed by atoms with Crippen LogP contribution < -0.4 is 10.1 Å². The lowest BCUT2D eigenvalue weighted by Crippen LogP contribution is -2.10. The summed E-state index contributed by atoms with van der Waals surface area (Å²) in [6.45, 7) is 3.82. The fraction of sp³-hybridized carbons (Fsp3) is 0.174. The molecule has 0 amide bonds. The van der Waals surface area contributed by atoms with Crippen molar-refractivity contribution in [3.8, 4) is 22.7 Å². The zero-order valence-electron chi connectivity index (χ0n) is 17.4. The Labute approximate surface area is 186 Å². The van der Waals surface area contributed by atoms with E-state index < -0.39 is 0 Å². The molecule has 0 aliphatic rings. The van der Waals surface area contributed by atoms with Crippen molar-refractivity contribution in [2.45, 2.75) is 19.9 Å². The maximum Gasteiger partial charge on any atom is 0.149 e. The van der Waals surface area contributed by atoms with Crippen LogP contribution in [0.2, 0.25) is 0 Å². The first kappa shape index (κ1) is 22.2. The van der Waals surface area contributed by atoms with Crippen molar-refractivity contribution in [1.29, 1.82) is 0 Å². The van der Waals surface area contributed by atoms with E-state index in [1.807, 2.05) is 61.0 Å². The lowest BCUT2D eigenvalue weighted by Gasteiger charge is -2.15. The zero-order chi connectivity index (χ0) is 21.1. The van der Waals surface area contributed by atoms with E-state index in [0.29, 0.717) is 22.8 Å². The van der Waals surface area contributed by atoms with Gasteiger partial charge in [0.05, 0.1) is 36.6 Å². The molecule has 0 fully saturated rings. The third kappa shape index (κ3) is 4.83. The number of hydrogen-bond donors (Lipinski definition) is 1. The Kier molecular flexibility index (Phi) is 6.87. The number of hydrogen-bond acceptors (Lipinski definition) is 5. The third-order valence-corrected chi connectivity index (χ3v) is 4.87. The van der Waals surface area contributed by atoms with Gasteiger partial charge >= 0.3 is 0 Å². The van der Waals surface area contributed by atoms with E-state index in [9.17, 15) is 4.39 Å². The van der Waals surface area contributed by atoms with Crippen LogP contribution in [0.1, 0.15) is 24.2 Å². The van der Waals surface area contributed by atoms with Crippen LogP contribution >= 0.6 is 12.4 Å². The quantitative estimate of drug-likeness (QED) is 0.437. The average molecular weight is 440 g/mol. The highest BCUT2D eigenvalue weighted by Gasteiger charge is 2.12. The molecule has 2 heterocycles. The second kappa shape index (κ2) is 9.57. The summed E-state index contributed by atoms with van der Waals surface area (Å²) in [5.41, 5.74) is 4.00. The van der Waals surface area contributed by atoms with Gasteiger partial charge in [-0.3, -0.25) is 0 Å². The average Bonchev–Trinajstić information content (AvgIpc) is 3.20. The van der Waals surface area contributed by atoms with E-state index in [1.54, 1.807) is 25.6 Å². The SMILES string of the molecule is COc1cc(-c2ccc(N[C@@H](C)c3ccccc3F)nn2)ccc1-n1cnc(C)c1.Cl. The molecule has 2 aromatic carbocycles. The number of rotatable bonds is 6. The fourth-order valence-corrected chi connectivity index (χ4v) is 3.29. The summed E-state index contributed by atoms with van der Waals surface area (Å²) < 4.78 is 21.4. The fourth-order valence-electron chi connectivity index (χ4n) is 3.29. The van der Waals surface area contributed by atoms with Gasteiger partial charge in [-0.05, 0) is 44.2 Å². The van der Waals surface area contributed by atoms with E-state index in [1.165, 1.54) is 6.07 Å². The van der Waals surface area contributed by atoms with Crippen LogP contribution in [0.25, 0.3) is 16.9 Å². The normalized spacial score (nSPS) is 11.5. The molecule has 2 aromatic heterocycles. The van der Waals surface area contributed by atoms with Gasteiger partial charge in [-0.25, -0.2) is 9.37 Å². The molecule has 0 aliphatic heterocycles. The molecule has 4 aromatic rings. The van der Waals surface area contributed by atoms with Crippen molar-refractivity contribution >= 4 is 18.2 Å². The second-order valence-corrected chi connectivity index (χ2v) is 7.00. The van der Waals surface area contributed by atoms with Gasteiger partial charge in [0.1, 0.15) is 17.4 Å². The van der Waals surface area contributed by atoms with Crippen LogP contribution in [0, 0.1) is 12.7 Å². The lowest BCUT2D eigenvalue weighted by atomic mass is 10.1. The summed E-state index contributed by atoms with van der Waals surface area (Å²) in [6.07, 6.45) is 3.69. The van der Waals surface area contributed by atoms with E-state index in [4.69, 9.17) is 4.74 Å². The molecule has 0 spiro atoms. The number of anilines is 1. The van der Waals surface area contributed by atoms with Crippen molar-refractivity contribution < 1.29 is 9.13 Å². The third-order valence-electron chi connectivity index (χ3n) is 4.87. The summed E-state index contributed by atoms with van der Waals surface area (Å²) in [7, 11) is 1.63. The van der Waals surface area contributed by atoms with Gasteiger partial charge in [0.25, 0.3) is 0 Å². The highest BCUT2D eigenvalue weighted by atomic mass is 35.5. The summed E-state index contributed by atoms with van der Waals surface area (Å²) >= 11 is 0. The standard InChI is InChI=1S/C23H22FN5O.ClH/c1-15-13-29(14-25-15)21-10-8-17(12-22(21)30-3)20-9-11-23(28-27-20)26-16(2)18-6-4-5-7-19(18)24;/h4-14,16H,1-3H3,(H,26,28);1H/t16-;/m0./s1. The van der Waals surface area contributed by atoms with Gasteiger partial charge in [0.2, 0.25) is 0 Å². The van der Waals surface area contributed by atoms with Gasteiger partial charge < -0.3 is 14.6 Å². The van der Waals surface area contributed by atoms with Crippen LogP contribution in [0.15, 0.2) is 67.1 Å². The van der Waals surface area contributed by atoms with Gasteiger partial charge in [-0.1, -0.05) is 24.3 Å². The second-order valence-electron chi connectivity index (χ2n) is 7.00. The highest BCUT2D eigenvalue weighted by Crippen LogP contribution is 2.29. The Morgan fingerprint density at radius 1 is 1.06 bits per heavy atom. The number of imidazole rings is 1. The van der Waals surface area contributed by atoms with Crippen molar-refractivity contribution in [3.63, 3.8) is 0 Å². The van der Waals surface area contributed by atoms with Crippen LogP contribution in [-0.4, -0.2) is 26.9 Å². The topological polar surface area (TPSA) is 64.9 Å². The predicted octanol–water partition coefficient (Wildman–Crippen LogP) is 5.38. The molecule has 31 heavy (non-hydrogen) atoms. The first-order valence-corrected chi connectivity index (χ1v) is 9.59. The van der Waals surface area contributed by atoms with Crippen molar-refractivity contribution in [3.05, 3.63) is 84.2 Å². The number of halogens is 2. The van der Waals surface area contributed by atoms with E-state index in [2.05, 4.69) is 20.5 Å². The summed E-state index contributed by atoms with van der Waals surface area (Å²) in [6, 6.07) is 16.0. The molecule has 1 atom stereocenters. The van der Waals surface area contributed by atoms with E-state index in [-0.39, 0.29) is 24.3 Å². The van der Waals surface area contributed by atoms with Crippen LogP contribution in [0.5, 0.6) is 5.75 Å². The van der Waals surface area contributed by atoms with Crippen molar-refractivity contribution in [2.75, 3.05) is 12.4 Å². The van der Waals surface area contributed by atoms with E-state index >= 15 is 0 Å². The molecular weight excluding hydrogens is 417 g/mol. The number of ether oxygens (including phenoxy) is 1. The Bertz CT molecular complexity index is 1160. The first-order chi connectivity index (χ1) is 14.5.